The number of aliphatic imine (C=N–C) groups is 1. The van der Waals surface area contributed by atoms with Gasteiger partial charge in [-0.3, -0.25) is 10.4 Å². The zero-order chi connectivity index (χ0) is 11.8. The molecule has 1 aromatic rings. The van der Waals surface area contributed by atoms with Gasteiger partial charge in [-0.2, -0.15) is 0 Å². The van der Waals surface area contributed by atoms with Crippen molar-refractivity contribution in [2.75, 3.05) is 13.1 Å². The van der Waals surface area contributed by atoms with Crippen molar-refractivity contribution in [1.29, 1.82) is 0 Å². The van der Waals surface area contributed by atoms with Crippen molar-refractivity contribution in [2.45, 2.75) is 13.3 Å². The van der Waals surface area contributed by atoms with E-state index in [2.05, 4.69) is 15.7 Å². The number of halogens is 1. The molecule has 0 aliphatic carbocycles. The van der Waals surface area contributed by atoms with Crippen molar-refractivity contribution in [1.82, 2.24) is 10.7 Å². The maximum absolute atomic E-state index is 5.80. The van der Waals surface area contributed by atoms with Crippen molar-refractivity contribution < 1.29 is 0 Å². The summed E-state index contributed by atoms with van der Waals surface area (Å²) >= 11 is 5.80. The number of guanidine groups is 1. The minimum Gasteiger partial charge on any atom is -0.356 e. The molecule has 0 aliphatic rings. The van der Waals surface area contributed by atoms with Gasteiger partial charge in [0, 0.05) is 18.1 Å². The molecule has 0 spiro atoms. The zero-order valence-electron chi connectivity index (χ0n) is 9.33. The van der Waals surface area contributed by atoms with Gasteiger partial charge in [-0.15, -0.1) is 0 Å². The van der Waals surface area contributed by atoms with E-state index < -0.39 is 0 Å². The molecule has 4 N–H and O–H groups in total. The first-order valence-electron chi connectivity index (χ1n) is 5.25. The summed E-state index contributed by atoms with van der Waals surface area (Å²) in [6.07, 6.45) is 0.869. The molecule has 0 bridgehead atoms. The SMILES string of the molecule is CCNC(=NCCc1ccc(Cl)cc1)NN. The fourth-order valence-corrected chi connectivity index (χ4v) is 1.39. The molecule has 1 aromatic carbocycles. The molecule has 0 aromatic heterocycles. The van der Waals surface area contributed by atoms with E-state index in [1.54, 1.807) is 0 Å². The number of nitrogens with two attached hydrogens (primary N) is 1. The van der Waals surface area contributed by atoms with Gasteiger partial charge in [0.15, 0.2) is 0 Å². The second-order valence-corrected chi connectivity index (χ2v) is 3.72. The molecule has 88 valence electrons. The van der Waals surface area contributed by atoms with E-state index in [1.807, 2.05) is 31.2 Å². The topological polar surface area (TPSA) is 62.4 Å². The Balaban J connectivity index is 2.42. The van der Waals surface area contributed by atoms with E-state index in [1.165, 1.54) is 5.56 Å². The van der Waals surface area contributed by atoms with Crippen molar-refractivity contribution >= 4 is 17.6 Å². The van der Waals surface area contributed by atoms with E-state index in [0.717, 1.165) is 18.0 Å². The highest BCUT2D eigenvalue weighted by atomic mass is 35.5. The Morgan fingerprint density at radius 2 is 2.06 bits per heavy atom. The van der Waals surface area contributed by atoms with E-state index in [9.17, 15) is 0 Å². The number of hydrogen-bond acceptors (Lipinski definition) is 2. The van der Waals surface area contributed by atoms with E-state index in [0.29, 0.717) is 12.5 Å². The third kappa shape index (κ3) is 4.51. The molecule has 1 rings (SSSR count). The molecule has 0 saturated heterocycles. The number of benzene rings is 1. The first kappa shape index (κ1) is 12.8. The fraction of sp³-hybridized carbons (Fsp3) is 0.364. The van der Waals surface area contributed by atoms with Gasteiger partial charge in [0.2, 0.25) is 5.96 Å². The molecule has 4 nitrogen and oxygen atoms in total. The Kier molecular flexibility index (Phi) is 5.67. The lowest BCUT2D eigenvalue weighted by atomic mass is 10.1. The number of rotatable bonds is 4. The third-order valence-corrected chi connectivity index (χ3v) is 2.32. The molecule has 0 amide bonds. The second-order valence-electron chi connectivity index (χ2n) is 3.28. The first-order valence-corrected chi connectivity index (χ1v) is 5.63. The lowest BCUT2D eigenvalue weighted by molar-refractivity contribution is 0.844. The van der Waals surface area contributed by atoms with Gasteiger partial charge >= 0.3 is 0 Å². The molecular weight excluding hydrogens is 224 g/mol. The highest BCUT2D eigenvalue weighted by molar-refractivity contribution is 6.30. The molecule has 16 heavy (non-hydrogen) atoms. The van der Waals surface area contributed by atoms with Crippen LogP contribution in [-0.4, -0.2) is 19.0 Å². The quantitative estimate of drug-likeness (QED) is 0.322. The average molecular weight is 241 g/mol. The summed E-state index contributed by atoms with van der Waals surface area (Å²) in [6.45, 7) is 3.48. The summed E-state index contributed by atoms with van der Waals surface area (Å²) < 4.78 is 0. The average Bonchev–Trinajstić information content (AvgIpc) is 2.30. The summed E-state index contributed by atoms with van der Waals surface area (Å²) in [4.78, 5) is 4.29. The molecule has 5 heteroatoms. The molecular formula is C11H17ClN4. The monoisotopic (exact) mass is 240 g/mol. The van der Waals surface area contributed by atoms with Gasteiger partial charge in [0.1, 0.15) is 0 Å². The summed E-state index contributed by atoms with van der Waals surface area (Å²) in [5.74, 6) is 5.92. The number of nitrogens with one attached hydrogen (secondary N) is 2. The van der Waals surface area contributed by atoms with Crippen LogP contribution in [0.1, 0.15) is 12.5 Å². The van der Waals surface area contributed by atoms with Crippen LogP contribution in [0, 0.1) is 0 Å². The van der Waals surface area contributed by atoms with Crippen LogP contribution in [0.15, 0.2) is 29.3 Å². The van der Waals surface area contributed by atoms with Gasteiger partial charge in [0.25, 0.3) is 0 Å². The minimum atomic E-state index is 0.622. The molecule has 0 radical (unpaired) electrons. The van der Waals surface area contributed by atoms with Gasteiger partial charge in [0.05, 0.1) is 0 Å². The number of hydrogen-bond donors (Lipinski definition) is 3. The van der Waals surface area contributed by atoms with Gasteiger partial charge in [-0.1, -0.05) is 23.7 Å². The Morgan fingerprint density at radius 1 is 1.38 bits per heavy atom. The summed E-state index contributed by atoms with van der Waals surface area (Å²) in [6, 6.07) is 7.77. The fourth-order valence-electron chi connectivity index (χ4n) is 1.27. The third-order valence-electron chi connectivity index (χ3n) is 2.06. The van der Waals surface area contributed by atoms with Crippen LogP contribution < -0.4 is 16.6 Å². The lowest BCUT2D eigenvalue weighted by Gasteiger charge is -2.06. The van der Waals surface area contributed by atoms with Crippen molar-refractivity contribution in [2.24, 2.45) is 10.8 Å². The van der Waals surface area contributed by atoms with Gasteiger partial charge < -0.3 is 5.32 Å². The molecule has 0 saturated carbocycles. The molecule has 0 heterocycles. The number of hydrazine groups is 1. The lowest BCUT2D eigenvalue weighted by Crippen LogP contribution is -2.41. The molecule has 0 atom stereocenters. The van der Waals surface area contributed by atoms with Crippen LogP contribution in [0.5, 0.6) is 0 Å². The first-order chi connectivity index (χ1) is 7.76. The molecule has 0 unspecified atom stereocenters. The van der Waals surface area contributed by atoms with Gasteiger partial charge in [-0.25, -0.2) is 5.84 Å². The van der Waals surface area contributed by atoms with Crippen molar-refractivity contribution in [3.05, 3.63) is 34.9 Å². The van der Waals surface area contributed by atoms with Crippen molar-refractivity contribution in [3.63, 3.8) is 0 Å². The van der Waals surface area contributed by atoms with Crippen LogP contribution in [0.3, 0.4) is 0 Å². The maximum Gasteiger partial charge on any atom is 0.205 e. The summed E-state index contributed by atoms with van der Waals surface area (Å²) in [5, 5.41) is 3.77. The zero-order valence-corrected chi connectivity index (χ0v) is 10.1. The van der Waals surface area contributed by atoms with Crippen LogP contribution in [-0.2, 0) is 6.42 Å². The molecule has 0 aliphatic heterocycles. The summed E-state index contributed by atoms with van der Waals surface area (Å²) in [7, 11) is 0. The molecule has 0 fully saturated rings. The Morgan fingerprint density at radius 3 is 2.62 bits per heavy atom. The normalized spacial score (nSPS) is 11.3. The van der Waals surface area contributed by atoms with Crippen LogP contribution >= 0.6 is 11.6 Å². The largest absolute Gasteiger partial charge is 0.356 e. The standard InChI is InChI=1S/C11H17ClN4/c1-2-14-11(16-13)15-8-7-9-3-5-10(12)6-4-9/h3-6H,2,7-8,13H2,1H3,(H2,14,15,16). The van der Waals surface area contributed by atoms with Gasteiger partial charge in [-0.05, 0) is 31.0 Å². The Bertz CT molecular complexity index is 334. The summed E-state index contributed by atoms with van der Waals surface area (Å²) in [5.41, 5.74) is 3.73. The van der Waals surface area contributed by atoms with E-state index >= 15 is 0 Å². The van der Waals surface area contributed by atoms with E-state index in [4.69, 9.17) is 17.4 Å². The number of nitrogens with zero attached hydrogens (tertiary/aromatic N) is 1. The van der Waals surface area contributed by atoms with Crippen LogP contribution in [0.25, 0.3) is 0 Å². The highest BCUT2D eigenvalue weighted by Crippen LogP contribution is 2.09. The smallest absolute Gasteiger partial charge is 0.205 e. The predicted molar refractivity (Wildman–Crippen MR) is 68.5 cm³/mol. The minimum absolute atomic E-state index is 0.622. The predicted octanol–water partition coefficient (Wildman–Crippen LogP) is 1.31. The van der Waals surface area contributed by atoms with E-state index in [-0.39, 0.29) is 0 Å². The van der Waals surface area contributed by atoms with Crippen LogP contribution in [0.4, 0.5) is 0 Å². The highest BCUT2D eigenvalue weighted by Gasteiger charge is 1.94. The Hall–Kier alpha value is -1.26. The second kappa shape index (κ2) is 7.09. The van der Waals surface area contributed by atoms with Crippen molar-refractivity contribution in [3.8, 4) is 0 Å². The maximum atomic E-state index is 5.80. The van der Waals surface area contributed by atoms with Crippen LogP contribution in [0.2, 0.25) is 5.02 Å². The Labute approximate surface area is 101 Å².